The molecule has 8 heteroatoms. The summed E-state index contributed by atoms with van der Waals surface area (Å²) in [4.78, 5) is 0.0420. The van der Waals surface area contributed by atoms with E-state index in [0.717, 1.165) is 17.7 Å². The normalized spacial score (nSPS) is 11.5. The summed E-state index contributed by atoms with van der Waals surface area (Å²) >= 11 is 12.2. The Bertz CT molecular complexity index is 792. The number of sulfonamides is 1. The Kier molecular flexibility index (Phi) is 4.97. The third-order valence-electron chi connectivity index (χ3n) is 2.62. The highest BCUT2D eigenvalue weighted by atomic mass is 79.9. The van der Waals surface area contributed by atoms with Crippen LogP contribution < -0.4 is 4.72 Å². The van der Waals surface area contributed by atoms with Crippen molar-refractivity contribution < 1.29 is 12.8 Å². The van der Waals surface area contributed by atoms with E-state index in [1.807, 2.05) is 6.92 Å². The number of anilines is 1. The van der Waals surface area contributed by atoms with Crippen LogP contribution in [0.1, 0.15) is 5.56 Å². The molecule has 21 heavy (non-hydrogen) atoms. The van der Waals surface area contributed by atoms with Crippen LogP contribution in [0.5, 0.6) is 0 Å². The van der Waals surface area contributed by atoms with E-state index in [1.165, 1.54) is 12.1 Å². The lowest BCUT2D eigenvalue weighted by atomic mass is 10.2. The first-order chi connectivity index (χ1) is 9.69. The molecular weight excluding hydrogens is 448 g/mol. The fourth-order valence-corrected chi connectivity index (χ4v) is 4.60. The minimum Gasteiger partial charge on any atom is -0.279 e. The van der Waals surface area contributed by atoms with Crippen molar-refractivity contribution in [3.63, 3.8) is 0 Å². The fourth-order valence-electron chi connectivity index (χ4n) is 1.66. The van der Waals surface area contributed by atoms with Crippen LogP contribution in [-0.2, 0) is 10.0 Å². The van der Waals surface area contributed by atoms with Gasteiger partial charge in [-0.2, -0.15) is 0 Å². The van der Waals surface area contributed by atoms with E-state index in [2.05, 4.69) is 36.6 Å². The van der Waals surface area contributed by atoms with Gasteiger partial charge in [-0.1, -0.05) is 27.5 Å². The van der Waals surface area contributed by atoms with Gasteiger partial charge in [-0.05, 0) is 58.7 Å². The van der Waals surface area contributed by atoms with Crippen LogP contribution in [0.15, 0.2) is 44.2 Å². The van der Waals surface area contributed by atoms with Gasteiger partial charge in [-0.15, -0.1) is 0 Å². The summed E-state index contributed by atoms with van der Waals surface area (Å²) in [6, 6.07) is 6.64. The van der Waals surface area contributed by atoms with Gasteiger partial charge < -0.3 is 0 Å². The van der Waals surface area contributed by atoms with E-state index >= 15 is 0 Å². The monoisotopic (exact) mass is 455 g/mol. The molecule has 0 amide bonds. The third kappa shape index (κ3) is 3.97. The fraction of sp³-hybridized carbons (Fsp3) is 0.0769. The van der Waals surface area contributed by atoms with Gasteiger partial charge in [-0.3, -0.25) is 4.72 Å². The molecule has 112 valence electrons. The topological polar surface area (TPSA) is 46.2 Å². The second kappa shape index (κ2) is 6.24. The van der Waals surface area contributed by atoms with Crippen molar-refractivity contribution in [3.8, 4) is 0 Å². The summed E-state index contributed by atoms with van der Waals surface area (Å²) in [5.74, 6) is -0.621. The molecule has 3 nitrogen and oxygen atoms in total. The Labute approximate surface area is 143 Å². The number of nitrogens with one attached hydrogen (secondary N) is 1. The molecule has 0 saturated heterocycles. The van der Waals surface area contributed by atoms with Gasteiger partial charge in [0.25, 0.3) is 10.0 Å². The number of benzene rings is 2. The number of halogens is 4. The smallest absolute Gasteiger partial charge is 0.263 e. The largest absolute Gasteiger partial charge is 0.279 e. The number of hydrogen-bond donors (Lipinski definition) is 1. The van der Waals surface area contributed by atoms with Gasteiger partial charge >= 0.3 is 0 Å². The molecular formula is C13H9Br2ClFNO2S. The minimum atomic E-state index is -3.87. The van der Waals surface area contributed by atoms with E-state index in [9.17, 15) is 12.8 Å². The lowest BCUT2D eigenvalue weighted by Gasteiger charge is -2.11. The van der Waals surface area contributed by atoms with Crippen molar-refractivity contribution in [2.45, 2.75) is 11.8 Å². The minimum absolute atomic E-state index is 0.0420. The molecule has 0 bridgehead atoms. The van der Waals surface area contributed by atoms with Gasteiger partial charge in [0.05, 0.1) is 5.69 Å². The van der Waals surface area contributed by atoms with Gasteiger partial charge in [0.2, 0.25) is 0 Å². The van der Waals surface area contributed by atoms with Crippen LogP contribution in [-0.4, -0.2) is 8.42 Å². The maximum absolute atomic E-state index is 13.3. The highest BCUT2D eigenvalue weighted by Crippen LogP contribution is 2.30. The van der Waals surface area contributed by atoms with Crippen molar-refractivity contribution in [2.24, 2.45) is 0 Å². The van der Waals surface area contributed by atoms with Crippen LogP contribution in [0, 0.1) is 12.7 Å². The van der Waals surface area contributed by atoms with Crippen LogP contribution in [0.2, 0.25) is 5.02 Å². The molecule has 0 aromatic heterocycles. The molecule has 0 aliphatic carbocycles. The summed E-state index contributed by atoms with van der Waals surface area (Å²) in [6.45, 7) is 1.84. The predicted octanol–water partition coefficient (Wildman–Crippen LogP) is 5.11. The molecule has 0 aliphatic rings. The number of aryl methyl sites for hydroxylation is 1. The lowest BCUT2D eigenvalue weighted by Crippen LogP contribution is -2.14. The highest BCUT2D eigenvalue weighted by Gasteiger charge is 2.19. The Hall–Kier alpha value is -0.630. The molecule has 0 saturated carbocycles. The summed E-state index contributed by atoms with van der Waals surface area (Å²) in [6.07, 6.45) is 0. The van der Waals surface area contributed by atoms with Crippen molar-refractivity contribution >= 4 is 59.2 Å². The maximum Gasteiger partial charge on any atom is 0.263 e. The second-order valence-corrected chi connectivity index (χ2v) is 8.09. The van der Waals surface area contributed by atoms with Crippen molar-refractivity contribution in [3.05, 3.63) is 55.7 Å². The Morgan fingerprint density at radius 3 is 2.38 bits per heavy atom. The summed E-state index contributed by atoms with van der Waals surface area (Å²) < 4.78 is 41.4. The average Bonchev–Trinajstić information content (AvgIpc) is 2.31. The third-order valence-corrected chi connectivity index (χ3v) is 6.03. The summed E-state index contributed by atoms with van der Waals surface area (Å²) in [5.41, 5.74) is 0.943. The zero-order valence-electron chi connectivity index (χ0n) is 10.6. The zero-order chi connectivity index (χ0) is 15.8. The second-order valence-electron chi connectivity index (χ2n) is 4.30. The summed E-state index contributed by atoms with van der Waals surface area (Å²) in [5, 5.41) is 0.108. The molecule has 2 aromatic carbocycles. The molecule has 1 N–H and O–H groups in total. The van der Waals surface area contributed by atoms with Crippen LogP contribution >= 0.6 is 43.5 Å². The standard InChI is InChI=1S/C13H9Br2ClFNO2S/c1-7-2-12(15)13(6-11(7)14)21(19,20)18-10-4-8(16)3-9(17)5-10/h2-6,18H,1H3. The molecule has 0 fully saturated rings. The van der Waals surface area contributed by atoms with Gasteiger partial charge in [-0.25, -0.2) is 12.8 Å². The molecule has 0 radical (unpaired) electrons. The molecule has 0 atom stereocenters. The van der Waals surface area contributed by atoms with E-state index < -0.39 is 15.8 Å². The Morgan fingerprint density at radius 2 is 1.76 bits per heavy atom. The van der Waals surface area contributed by atoms with Gasteiger partial charge in [0.15, 0.2) is 0 Å². The first-order valence-electron chi connectivity index (χ1n) is 5.63. The summed E-state index contributed by atoms with van der Waals surface area (Å²) in [7, 11) is -3.87. The number of hydrogen-bond acceptors (Lipinski definition) is 2. The average molecular weight is 458 g/mol. The highest BCUT2D eigenvalue weighted by molar-refractivity contribution is 9.11. The van der Waals surface area contributed by atoms with Crippen molar-refractivity contribution in [2.75, 3.05) is 4.72 Å². The Balaban J connectivity index is 2.45. The Morgan fingerprint density at radius 1 is 1.10 bits per heavy atom. The van der Waals surface area contributed by atoms with E-state index in [4.69, 9.17) is 11.6 Å². The quantitative estimate of drug-likeness (QED) is 0.696. The van der Waals surface area contributed by atoms with Crippen molar-refractivity contribution in [1.29, 1.82) is 0 Å². The van der Waals surface area contributed by atoms with Gasteiger partial charge in [0.1, 0.15) is 10.7 Å². The van der Waals surface area contributed by atoms with E-state index in [-0.39, 0.29) is 15.6 Å². The molecule has 0 spiro atoms. The van der Waals surface area contributed by atoms with Crippen LogP contribution in [0.4, 0.5) is 10.1 Å². The van der Waals surface area contributed by atoms with Crippen LogP contribution in [0.3, 0.4) is 0 Å². The molecule has 0 unspecified atom stereocenters. The molecule has 0 aliphatic heterocycles. The molecule has 2 rings (SSSR count). The van der Waals surface area contributed by atoms with Crippen LogP contribution in [0.25, 0.3) is 0 Å². The van der Waals surface area contributed by atoms with E-state index in [0.29, 0.717) is 8.95 Å². The molecule has 2 aromatic rings. The maximum atomic E-state index is 13.3. The first-order valence-corrected chi connectivity index (χ1v) is 9.08. The van der Waals surface area contributed by atoms with Gasteiger partial charge in [0, 0.05) is 14.0 Å². The predicted molar refractivity (Wildman–Crippen MR) is 88.8 cm³/mol. The SMILES string of the molecule is Cc1cc(Br)c(S(=O)(=O)Nc2cc(F)cc(Cl)c2)cc1Br. The number of rotatable bonds is 3. The lowest BCUT2D eigenvalue weighted by molar-refractivity contribution is 0.600. The zero-order valence-corrected chi connectivity index (χ0v) is 15.4. The first kappa shape index (κ1) is 16.7. The molecule has 0 heterocycles. The van der Waals surface area contributed by atoms with Crippen molar-refractivity contribution in [1.82, 2.24) is 0 Å². The van der Waals surface area contributed by atoms with E-state index in [1.54, 1.807) is 6.07 Å².